The van der Waals surface area contributed by atoms with Crippen molar-refractivity contribution in [3.8, 4) is 0 Å². The van der Waals surface area contributed by atoms with Gasteiger partial charge in [-0.05, 0) is 31.8 Å². The third-order valence-corrected chi connectivity index (χ3v) is 4.00. The molecule has 0 radical (unpaired) electrons. The van der Waals surface area contributed by atoms with Crippen LogP contribution in [0.5, 0.6) is 0 Å². The lowest BCUT2D eigenvalue weighted by Crippen LogP contribution is -2.53. The van der Waals surface area contributed by atoms with E-state index in [0.29, 0.717) is 5.56 Å². The third-order valence-electron chi connectivity index (χ3n) is 4.00. The number of likely N-dealkylation sites (N-methyl/N-ethyl adjacent to an activating group) is 1. The molecule has 134 valence electrons. The van der Waals surface area contributed by atoms with Gasteiger partial charge in [-0.3, -0.25) is 14.6 Å². The van der Waals surface area contributed by atoms with Gasteiger partial charge in [-0.25, -0.2) is 4.39 Å². The quantitative estimate of drug-likeness (QED) is 0.781. The van der Waals surface area contributed by atoms with E-state index in [1.165, 1.54) is 23.1 Å². The molecule has 1 amide bonds. The molecule has 1 aliphatic heterocycles. The predicted octanol–water partition coefficient (Wildman–Crippen LogP) is 2.13. The van der Waals surface area contributed by atoms with Gasteiger partial charge in [0.25, 0.3) is 0 Å². The Hall–Kier alpha value is -1.67. The second-order valence-corrected chi connectivity index (χ2v) is 6.14. The zero-order valence-corrected chi connectivity index (χ0v) is 13.7. The van der Waals surface area contributed by atoms with Gasteiger partial charge in [0.15, 0.2) is 0 Å². The molecule has 0 bridgehead atoms. The number of hydrogen-bond donors (Lipinski definition) is 0. The lowest BCUT2D eigenvalue weighted by atomic mass is 10.0. The molecule has 1 aromatic carbocycles. The van der Waals surface area contributed by atoms with Crippen LogP contribution in [0.15, 0.2) is 24.3 Å². The van der Waals surface area contributed by atoms with Crippen molar-refractivity contribution in [3.05, 3.63) is 35.6 Å². The van der Waals surface area contributed by atoms with Gasteiger partial charge in [-0.15, -0.1) is 0 Å². The number of hydrogen-bond acceptors (Lipinski definition) is 3. The summed E-state index contributed by atoms with van der Waals surface area (Å²) in [5.74, 6) is -0.653. The summed E-state index contributed by atoms with van der Waals surface area (Å²) in [6.07, 6.45) is -4.24. The van der Waals surface area contributed by atoms with E-state index in [4.69, 9.17) is 0 Å². The van der Waals surface area contributed by atoms with E-state index in [1.54, 1.807) is 30.0 Å². The second-order valence-electron chi connectivity index (χ2n) is 6.14. The van der Waals surface area contributed by atoms with Gasteiger partial charge >= 0.3 is 6.18 Å². The number of carbonyl (C=O) groups excluding carboxylic acids is 1. The monoisotopic (exact) mass is 347 g/mol. The minimum atomic E-state index is -4.24. The number of benzene rings is 1. The van der Waals surface area contributed by atoms with Crippen molar-refractivity contribution in [1.29, 1.82) is 0 Å². The van der Waals surface area contributed by atoms with Crippen LogP contribution in [-0.4, -0.2) is 73.6 Å². The molecule has 0 aromatic heterocycles. The van der Waals surface area contributed by atoms with Crippen molar-refractivity contribution in [2.24, 2.45) is 0 Å². The van der Waals surface area contributed by atoms with E-state index in [2.05, 4.69) is 0 Å². The zero-order chi connectivity index (χ0) is 17.9. The molecule has 1 heterocycles. The molecule has 1 fully saturated rings. The predicted molar refractivity (Wildman–Crippen MR) is 81.9 cm³/mol. The van der Waals surface area contributed by atoms with Crippen LogP contribution in [0.3, 0.4) is 0 Å². The third kappa shape index (κ3) is 4.91. The number of carbonyl (C=O) groups is 1. The fourth-order valence-electron chi connectivity index (χ4n) is 2.89. The van der Waals surface area contributed by atoms with Crippen LogP contribution in [0.2, 0.25) is 0 Å². The molecule has 8 heteroatoms. The Morgan fingerprint density at radius 1 is 1.21 bits per heavy atom. The van der Waals surface area contributed by atoms with Crippen molar-refractivity contribution < 1.29 is 22.4 Å². The van der Waals surface area contributed by atoms with Gasteiger partial charge in [-0.2, -0.15) is 13.2 Å². The highest BCUT2D eigenvalue weighted by Crippen LogP contribution is 2.23. The molecule has 0 N–H and O–H groups in total. The molecule has 0 saturated carbocycles. The van der Waals surface area contributed by atoms with Gasteiger partial charge in [-0.1, -0.05) is 12.1 Å². The summed E-state index contributed by atoms with van der Waals surface area (Å²) < 4.78 is 50.7. The highest BCUT2D eigenvalue weighted by molar-refractivity contribution is 5.83. The van der Waals surface area contributed by atoms with Crippen LogP contribution in [0, 0.1) is 5.82 Å². The number of alkyl halides is 3. The maximum absolute atomic E-state index is 13.4. The van der Waals surface area contributed by atoms with Gasteiger partial charge in [0.05, 0.1) is 6.54 Å². The summed E-state index contributed by atoms with van der Waals surface area (Å²) >= 11 is 0. The summed E-state index contributed by atoms with van der Waals surface area (Å²) in [5, 5.41) is 0. The average Bonchev–Trinajstić information content (AvgIpc) is 2.46. The number of nitrogens with zero attached hydrogens (tertiary/aromatic N) is 3. The fourth-order valence-corrected chi connectivity index (χ4v) is 2.89. The minimum absolute atomic E-state index is 0.175. The summed E-state index contributed by atoms with van der Waals surface area (Å²) in [7, 11) is 3.43. The Morgan fingerprint density at radius 3 is 2.33 bits per heavy atom. The molecule has 0 unspecified atom stereocenters. The minimum Gasteiger partial charge on any atom is -0.338 e. The van der Waals surface area contributed by atoms with Crippen LogP contribution in [-0.2, 0) is 4.79 Å². The second kappa shape index (κ2) is 7.48. The first kappa shape index (κ1) is 18.7. The Labute approximate surface area is 138 Å². The standard InChI is InChI=1S/C16H21F4N3O/c1-21(2)14(12-4-3-5-13(17)10-12)15(24)23-8-6-22(7-9-23)11-16(18,19)20/h3-5,10,14H,6-9,11H2,1-2H3/t14-/m1/s1. The maximum atomic E-state index is 13.4. The van der Waals surface area contributed by atoms with E-state index >= 15 is 0 Å². The zero-order valence-electron chi connectivity index (χ0n) is 13.7. The number of piperazine rings is 1. The van der Waals surface area contributed by atoms with Crippen molar-refractivity contribution in [3.63, 3.8) is 0 Å². The smallest absolute Gasteiger partial charge is 0.338 e. The molecule has 0 spiro atoms. The maximum Gasteiger partial charge on any atom is 0.401 e. The van der Waals surface area contributed by atoms with Crippen LogP contribution < -0.4 is 0 Å². The lowest BCUT2D eigenvalue weighted by molar-refractivity contribution is -0.153. The molecule has 1 aliphatic rings. The molecular formula is C16H21F4N3O. The first-order chi connectivity index (χ1) is 11.2. The first-order valence-electron chi connectivity index (χ1n) is 7.67. The van der Waals surface area contributed by atoms with Crippen LogP contribution in [0.4, 0.5) is 17.6 Å². The van der Waals surface area contributed by atoms with E-state index in [0.717, 1.165) is 0 Å². The lowest BCUT2D eigenvalue weighted by Gasteiger charge is -2.37. The van der Waals surface area contributed by atoms with E-state index < -0.39 is 24.6 Å². The van der Waals surface area contributed by atoms with Crippen LogP contribution in [0.1, 0.15) is 11.6 Å². The largest absolute Gasteiger partial charge is 0.401 e. The van der Waals surface area contributed by atoms with Crippen LogP contribution in [0.25, 0.3) is 0 Å². The van der Waals surface area contributed by atoms with Gasteiger partial charge in [0.1, 0.15) is 11.9 Å². The van der Waals surface area contributed by atoms with Crippen molar-refractivity contribution in [2.75, 3.05) is 46.8 Å². The van der Waals surface area contributed by atoms with Gasteiger partial charge < -0.3 is 4.90 Å². The average molecular weight is 347 g/mol. The number of amides is 1. The van der Waals surface area contributed by atoms with Crippen LogP contribution >= 0.6 is 0 Å². The summed E-state index contributed by atoms with van der Waals surface area (Å²) in [5.41, 5.74) is 0.530. The summed E-state index contributed by atoms with van der Waals surface area (Å²) in [6, 6.07) is 5.16. The summed E-state index contributed by atoms with van der Waals surface area (Å²) in [4.78, 5) is 17.3. The Kier molecular flexibility index (Phi) is 5.82. The molecule has 2 rings (SSSR count). The Bertz CT molecular complexity index is 569. The molecule has 4 nitrogen and oxygen atoms in total. The Balaban J connectivity index is 2.04. The highest BCUT2D eigenvalue weighted by Gasteiger charge is 2.34. The highest BCUT2D eigenvalue weighted by atomic mass is 19.4. The summed E-state index contributed by atoms with van der Waals surface area (Å²) in [6.45, 7) is -0.151. The van der Waals surface area contributed by atoms with Gasteiger partial charge in [0.2, 0.25) is 5.91 Å². The first-order valence-corrected chi connectivity index (χ1v) is 7.67. The fraction of sp³-hybridized carbons (Fsp3) is 0.562. The normalized spacial score (nSPS) is 18.0. The molecular weight excluding hydrogens is 326 g/mol. The van der Waals surface area contributed by atoms with E-state index in [1.807, 2.05) is 0 Å². The number of rotatable bonds is 4. The Morgan fingerprint density at radius 2 is 1.83 bits per heavy atom. The molecule has 1 atom stereocenters. The molecule has 1 saturated heterocycles. The van der Waals surface area contributed by atoms with Crippen molar-refractivity contribution in [1.82, 2.24) is 14.7 Å². The molecule has 24 heavy (non-hydrogen) atoms. The number of halogens is 4. The van der Waals surface area contributed by atoms with Gasteiger partial charge in [0, 0.05) is 26.2 Å². The SMILES string of the molecule is CN(C)[C@@H](C(=O)N1CCN(CC(F)(F)F)CC1)c1cccc(F)c1. The molecule has 1 aromatic rings. The van der Waals surface area contributed by atoms with E-state index in [9.17, 15) is 22.4 Å². The topological polar surface area (TPSA) is 26.8 Å². The van der Waals surface area contributed by atoms with E-state index in [-0.39, 0.29) is 32.1 Å². The molecule has 0 aliphatic carbocycles. The van der Waals surface area contributed by atoms with Crippen molar-refractivity contribution in [2.45, 2.75) is 12.2 Å². The van der Waals surface area contributed by atoms with Crippen molar-refractivity contribution >= 4 is 5.91 Å².